The van der Waals surface area contributed by atoms with Gasteiger partial charge in [-0.2, -0.15) is 5.10 Å². The lowest BCUT2D eigenvalue weighted by molar-refractivity contribution is 0.592. The van der Waals surface area contributed by atoms with E-state index in [1.165, 1.54) is 12.8 Å². The van der Waals surface area contributed by atoms with Crippen LogP contribution in [0.1, 0.15) is 12.8 Å². The first-order valence-electron chi connectivity index (χ1n) is 4.52. The molecule has 0 aromatic rings. The Morgan fingerprint density at radius 1 is 1.54 bits per heavy atom. The normalized spacial score (nSPS) is 35.8. The van der Waals surface area contributed by atoms with Gasteiger partial charge in [0.2, 0.25) is 0 Å². The van der Waals surface area contributed by atoms with Crippen LogP contribution in [0.4, 0.5) is 0 Å². The number of hydrogen-bond donors (Lipinski definition) is 2. The third kappa shape index (κ3) is 1.88. The Labute approximate surface area is 83.1 Å². The maximum atomic E-state index is 5.25. The van der Waals surface area contributed by atoms with Crippen LogP contribution >= 0.6 is 12.2 Å². The second kappa shape index (κ2) is 3.46. The second-order valence-corrected chi connectivity index (χ2v) is 4.14. The molecule has 3 atom stereocenters. The fraction of sp³-hybridized carbons (Fsp3) is 0.556. The first-order chi connectivity index (χ1) is 6.25. The van der Waals surface area contributed by atoms with Crippen LogP contribution in [0.25, 0.3) is 0 Å². The van der Waals surface area contributed by atoms with E-state index in [4.69, 9.17) is 5.73 Å². The van der Waals surface area contributed by atoms with Crippen LogP contribution in [0.15, 0.2) is 17.3 Å². The SMILES string of the molecule is NC(=S)N/N=C\[C@H]1C[C@@H]2C=C[C@@H]1C2. The Bertz CT molecular complexity index is 272. The highest BCUT2D eigenvalue weighted by Gasteiger charge is 2.34. The van der Waals surface area contributed by atoms with E-state index in [0.29, 0.717) is 11.8 Å². The molecule has 70 valence electrons. The smallest absolute Gasteiger partial charge is 0.184 e. The van der Waals surface area contributed by atoms with Crippen molar-refractivity contribution in [3.8, 4) is 0 Å². The zero-order valence-electron chi connectivity index (χ0n) is 7.31. The van der Waals surface area contributed by atoms with Gasteiger partial charge in [0.25, 0.3) is 0 Å². The van der Waals surface area contributed by atoms with Crippen molar-refractivity contribution in [2.45, 2.75) is 12.8 Å². The molecule has 0 aromatic heterocycles. The Kier molecular flexibility index (Phi) is 2.31. The van der Waals surface area contributed by atoms with Gasteiger partial charge in [0, 0.05) is 12.1 Å². The number of nitrogens with one attached hydrogen (secondary N) is 1. The molecule has 0 radical (unpaired) electrons. The number of allylic oxidation sites excluding steroid dienone is 2. The molecule has 2 aliphatic rings. The van der Waals surface area contributed by atoms with E-state index in [9.17, 15) is 0 Å². The molecule has 3 nitrogen and oxygen atoms in total. The van der Waals surface area contributed by atoms with Crippen molar-refractivity contribution in [2.75, 3.05) is 0 Å². The van der Waals surface area contributed by atoms with Crippen LogP contribution in [0, 0.1) is 17.8 Å². The molecule has 0 amide bonds. The number of thiocarbonyl (C=S) groups is 1. The van der Waals surface area contributed by atoms with Crippen LogP contribution in [-0.4, -0.2) is 11.3 Å². The molecule has 2 aliphatic carbocycles. The lowest BCUT2D eigenvalue weighted by Crippen LogP contribution is -2.25. The number of hydrazone groups is 1. The molecule has 0 heterocycles. The maximum absolute atomic E-state index is 5.25. The molecular formula is C9H13N3S. The molecule has 0 spiro atoms. The van der Waals surface area contributed by atoms with Crippen LogP contribution in [-0.2, 0) is 0 Å². The van der Waals surface area contributed by atoms with Gasteiger partial charge in [-0.25, -0.2) is 0 Å². The van der Waals surface area contributed by atoms with Crippen LogP contribution in [0.2, 0.25) is 0 Å². The zero-order valence-corrected chi connectivity index (χ0v) is 8.13. The summed E-state index contributed by atoms with van der Waals surface area (Å²) in [4.78, 5) is 0. The van der Waals surface area contributed by atoms with E-state index in [1.54, 1.807) is 0 Å². The molecular weight excluding hydrogens is 182 g/mol. The Hall–Kier alpha value is -0.900. The van der Waals surface area contributed by atoms with Crippen molar-refractivity contribution < 1.29 is 0 Å². The molecule has 1 fully saturated rings. The van der Waals surface area contributed by atoms with Gasteiger partial charge in [-0.3, -0.25) is 5.43 Å². The fourth-order valence-corrected chi connectivity index (χ4v) is 2.24. The number of rotatable bonds is 2. The van der Waals surface area contributed by atoms with Crippen molar-refractivity contribution in [1.29, 1.82) is 0 Å². The Morgan fingerprint density at radius 2 is 2.38 bits per heavy atom. The first-order valence-corrected chi connectivity index (χ1v) is 4.93. The topological polar surface area (TPSA) is 50.4 Å². The summed E-state index contributed by atoms with van der Waals surface area (Å²) in [5.41, 5.74) is 7.83. The largest absolute Gasteiger partial charge is 0.375 e. The number of fused-ring (bicyclic) bond motifs is 2. The quantitative estimate of drug-likeness (QED) is 0.299. The molecule has 0 saturated heterocycles. The highest BCUT2D eigenvalue weighted by Crippen LogP contribution is 2.42. The molecule has 0 aliphatic heterocycles. The summed E-state index contributed by atoms with van der Waals surface area (Å²) in [7, 11) is 0. The van der Waals surface area contributed by atoms with E-state index >= 15 is 0 Å². The van der Waals surface area contributed by atoms with E-state index < -0.39 is 0 Å². The van der Waals surface area contributed by atoms with Gasteiger partial charge in [-0.1, -0.05) is 12.2 Å². The fourth-order valence-electron chi connectivity index (χ4n) is 2.19. The molecule has 3 N–H and O–H groups in total. The molecule has 0 unspecified atom stereocenters. The van der Waals surface area contributed by atoms with Crippen LogP contribution in [0.3, 0.4) is 0 Å². The van der Waals surface area contributed by atoms with Gasteiger partial charge >= 0.3 is 0 Å². The number of hydrogen-bond acceptors (Lipinski definition) is 2. The molecule has 13 heavy (non-hydrogen) atoms. The summed E-state index contributed by atoms with van der Waals surface area (Å²) < 4.78 is 0. The summed E-state index contributed by atoms with van der Waals surface area (Å²) >= 11 is 4.64. The number of nitrogens with zero attached hydrogens (tertiary/aromatic N) is 1. The van der Waals surface area contributed by atoms with E-state index in [-0.39, 0.29) is 5.11 Å². The van der Waals surface area contributed by atoms with Crippen LogP contribution in [0.5, 0.6) is 0 Å². The standard InChI is InChI=1S/C9H13N3S/c10-9(13)12-11-5-8-4-6-1-2-7(8)3-6/h1-2,5-8H,3-4H2,(H3,10,12,13)/b11-5-/t6-,7-,8-/m1/s1. The first kappa shape index (κ1) is 8.69. The Balaban J connectivity index is 1.86. The van der Waals surface area contributed by atoms with Crippen molar-refractivity contribution in [3.63, 3.8) is 0 Å². The highest BCUT2D eigenvalue weighted by atomic mass is 32.1. The van der Waals surface area contributed by atoms with Gasteiger partial charge < -0.3 is 5.73 Å². The summed E-state index contributed by atoms with van der Waals surface area (Å²) in [6.07, 6.45) is 9.07. The second-order valence-electron chi connectivity index (χ2n) is 3.70. The maximum Gasteiger partial charge on any atom is 0.184 e. The lowest BCUT2D eigenvalue weighted by Gasteiger charge is -2.11. The summed E-state index contributed by atoms with van der Waals surface area (Å²) in [5, 5.41) is 4.23. The Morgan fingerprint density at radius 3 is 2.92 bits per heavy atom. The lowest BCUT2D eigenvalue weighted by atomic mass is 9.95. The predicted octanol–water partition coefficient (Wildman–Crippen LogP) is 1.02. The van der Waals surface area contributed by atoms with Crippen molar-refractivity contribution in [2.24, 2.45) is 28.6 Å². The van der Waals surface area contributed by atoms with Gasteiger partial charge in [-0.15, -0.1) is 0 Å². The average Bonchev–Trinajstić information content (AvgIpc) is 2.64. The van der Waals surface area contributed by atoms with E-state index in [1.807, 2.05) is 6.21 Å². The minimum absolute atomic E-state index is 0.231. The molecule has 1 saturated carbocycles. The van der Waals surface area contributed by atoms with E-state index in [0.717, 1.165) is 5.92 Å². The van der Waals surface area contributed by atoms with Crippen molar-refractivity contribution in [1.82, 2.24) is 5.43 Å². The minimum atomic E-state index is 0.231. The number of nitrogens with two attached hydrogens (primary N) is 1. The summed E-state index contributed by atoms with van der Waals surface area (Å²) in [6, 6.07) is 0. The van der Waals surface area contributed by atoms with Crippen LogP contribution < -0.4 is 11.2 Å². The van der Waals surface area contributed by atoms with E-state index in [2.05, 4.69) is 34.9 Å². The predicted molar refractivity (Wildman–Crippen MR) is 57.3 cm³/mol. The molecule has 2 rings (SSSR count). The van der Waals surface area contributed by atoms with Gasteiger partial charge in [-0.05, 0) is 36.9 Å². The van der Waals surface area contributed by atoms with Crippen molar-refractivity contribution in [3.05, 3.63) is 12.2 Å². The third-order valence-electron chi connectivity index (χ3n) is 2.77. The van der Waals surface area contributed by atoms with Gasteiger partial charge in [0.05, 0.1) is 0 Å². The zero-order chi connectivity index (χ0) is 9.26. The monoisotopic (exact) mass is 195 g/mol. The summed E-state index contributed by atoms with van der Waals surface area (Å²) in [5.74, 6) is 2.06. The molecule has 0 aromatic carbocycles. The molecule has 4 heteroatoms. The minimum Gasteiger partial charge on any atom is -0.375 e. The molecule has 2 bridgehead atoms. The van der Waals surface area contributed by atoms with Gasteiger partial charge in [0.1, 0.15) is 0 Å². The average molecular weight is 195 g/mol. The summed E-state index contributed by atoms with van der Waals surface area (Å²) in [6.45, 7) is 0. The van der Waals surface area contributed by atoms with Gasteiger partial charge in [0.15, 0.2) is 5.11 Å². The van der Waals surface area contributed by atoms with Crippen molar-refractivity contribution >= 4 is 23.5 Å². The highest BCUT2D eigenvalue weighted by molar-refractivity contribution is 7.80. The third-order valence-corrected chi connectivity index (χ3v) is 2.86.